The van der Waals surface area contributed by atoms with Crippen LogP contribution in [0.4, 0.5) is 4.39 Å². The van der Waals surface area contributed by atoms with Crippen LogP contribution in [0.25, 0.3) is 10.9 Å². The maximum absolute atomic E-state index is 15.4. The van der Waals surface area contributed by atoms with E-state index >= 15 is 4.39 Å². The first-order valence-corrected chi connectivity index (χ1v) is 13.2. The second kappa shape index (κ2) is 11.5. The number of benzene rings is 1. The molecule has 1 aliphatic heterocycles. The molecule has 2 fully saturated rings. The third-order valence-corrected chi connectivity index (χ3v) is 8.70. The second-order valence-corrected chi connectivity index (χ2v) is 10.9. The van der Waals surface area contributed by atoms with Crippen LogP contribution in [0.3, 0.4) is 0 Å². The van der Waals surface area contributed by atoms with Crippen molar-refractivity contribution in [1.82, 2.24) is 9.88 Å². The van der Waals surface area contributed by atoms with E-state index < -0.39 is 12.1 Å². The largest absolute Gasteiger partial charge is 0.497 e. The molecule has 33 heavy (non-hydrogen) atoms. The van der Waals surface area contributed by atoms with Crippen LogP contribution in [-0.2, 0) is 4.79 Å². The molecule has 1 saturated heterocycles. The average Bonchev–Trinajstić information content (AvgIpc) is 2.78. The summed E-state index contributed by atoms with van der Waals surface area (Å²) in [6.07, 6.45) is 6.83. The molecule has 4 rings (SSSR count). The SMILES string of the molecule is COc1ccc2nccc(C(F)CC[C@@H]3CCN(CCSC4CCC4)C[C@@H]3CC(=O)O)c2c1. The molecule has 1 aromatic heterocycles. The zero-order chi connectivity index (χ0) is 23.2. The number of aromatic nitrogens is 1. The quantitative estimate of drug-likeness (QED) is 0.449. The number of aliphatic carboxylic acids is 1. The molecule has 7 heteroatoms. The van der Waals surface area contributed by atoms with Crippen molar-refractivity contribution in [3.63, 3.8) is 0 Å². The number of likely N-dealkylation sites (tertiary alicyclic amines) is 1. The second-order valence-electron chi connectivity index (χ2n) is 9.46. The van der Waals surface area contributed by atoms with Gasteiger partial charge in [0, 0.05) is 42.1 Å². The summed E-state index contributed by atoms with van der Waals surface area (Å²) < 4.78 is 20.7. The monoisotopic (exact) mass is 474 g/mol. The first-order valence-electron chi connectivity index (χ1n) is 12.2. The minimum Gasteiger partial charge on any atom is -0.497 e. The van der Waals surface area contributed by atoms with Gasteiger partial charge in [-0.15, -0.1) is 0 Å². The number of thioether (sulfide) groups is 1. The Bertz CT molecular complexity index is 939. The average molecular weight is 475 g/mol. The van der Waals surface area contributed by atoms with Gasteiger partial charge in [0.25, 0.3) is 0 Å². The van der Waals surface area contributed by atoms with Crippen molar-refractivity contribution in [3.05, 3.63) is 36.0 Å². The van der Waals surface area contributed by atoms with Gasteiger partial charge in [0.1, 0.15) is 11.9 Å². The van der Waals surface area contributed by atoms with Crippen molar-refractivity contribution in [2.24, 2.45) is 11.8 Å². The van der Waals surface area contributed by atoms with Crippen LogP contribution < -0.4 is 4.74 Å². The van der Waals surface area contributed by atoms with E-state index in [0.717, 1.165) is 48.0 Å². The summed E-state index contributed by atoms with van der Waals surface area (Å²) in [7, 11) is 1.60. The van der Waals surface area contributed by atoms with Crippen molar-refractivity contribution < 1.29 is 19.0 Å². The maximum atomic E-state index is 15.4. The number of methoxy groups -OCH3 is 1. The smallest absolute Gasteiger partial charge is 0.303 e. The fourth-order valence-corrected chi connectivity index (χ4v) is 6.51. The lowest BCUT2D eigenvalue weighted by Crippen LogP contribution is -2.42. The number of alkyl halides is 1. The maximum Gasteiger partial charge on any atom is 0.303 e. The van der Waals surface area contributed by atoms with Crippen molar-refractivity contribution in [1.29, 1.82) is 0 Å². The first kappa shape index (κ1) is 24.3. The topological polar surface area (TPSA) is 62.7 Å². The number of nitrogens with zero attached hydrogens (tertiary/aromatic N) is 2. The Morgan fingerprint density at radius 2 is 2.15 bits per heavy atom. The van der Waals surface area contributed by atoms with Gasteiger partial charge in [-0.05, 0) is 80.3 Å². The Labute approximate surface area is 200 Å². The minimum absolute atomic E-state index is 0.0893. The Morgan fingerprint density at radius 1 is 1.30 bits per heavy atom. The highest BCUT2D eigenvalue weighted by atomic mass is 32.2. The normalized spacial score (nSPS) is 22.7. The van der Waals surface area contributed by atoms with Gasteiger partial charge >= 0.3 is 5.97 Å². The summed E-state index contributed by atoms with van der Waals surface area (Å²) >= 11 is 2.07. The van der Waals surface area contributed by atoms with Crippen molar-refractivity contribution in [2.45, 2.75) is 56.4 Å². The van der Waals surface area contributed by atoms with E-state index in [1.807, 2.05) is 18.2 Å². The van der Waals surface area contributed by atoms with Crippen LogP contribution in [-0.4, -0.2) is 58.7 Å². The van der Waals surface area contributed by atoms with E-state index in [4.69, 9.17) is 4.74 Å². The molecule has 3 atom stereocenters. The zero-order valence-electron chi connectivity index (χ0n) is 19.4. The third kappa shape index (κ3) is 6.38. The summed E-state index contributed by atoms with van der Waals surface area (Å²) in [5.41, 5.74) is 1.40. The van der Waals surface area contributed by atoms with Gasteiger partial charge in [-0.25, -0.2) is 4.39 Å². The number of carbonyl (C=O) groups is 1. The Kier molecular flexibility index (Phi) is 8.47. The van der Waals surface area contributed by atoms with Crippen LogP contribution in [0.1, 0.15) is 56.7 Å². The van der Waals surface area contributed by atoms with E-state index in [1.54, 1.807) is 19.4 Å². The van der Waals surface area contributed by atoms with Gasteiger partial charge in [-0.2, -0.15) is 11.8 Å². The van der Waals surface area contributed by atoms with Gasteiger partial charge < -0.3 is 14.7 Å². The number of ether oxygens (including phenoxy) is 1. The Morgan fingerprint density at radius 3 is 2.88 bits per heavy atom. The highest BCUT2D eigenvalue weighted by Gasteiger charge is 2.31. The van der Waals surface area contributed by atoms with Crippen LogP contribution in [0.2, 0.25) is 0 Å². The van der Waals surface area contributed by atoms with E-state index in [-0.39, 0.29) is 18.3 Å². The van der Waals surface area contributed by atoms with Gasteiger partial charge in [0.05, 0.1) is 12.6 Å². The molecule has 0 spiro atoms. The number of rotatable bonds is 11. The predicted molar refractivity (Wildman–Crippen MR) is 132 cm³/mol. The van der Waals surface area contributed by atoms with E-state index in [0.29, 0.717) is 24.2 Å². The lowest BCUT2D eigenvalue weighted by molar-refractivity contribution is -0.139. The predicted octanol–water partition coefficient (Wildman–Crippen LogP) is 5.73. The summed E-state index contributed by atoms with van der Waals surface area (Å²) in [4.78, 5) is 18.3. The van der Waals surface area contributed by atoms with Crippen molar-refractivity contribution in [3.8, 4) is 5.75 Å². The molecule has 2 aliphatic rings. The molecular weight excluding hydrogens is 439 g/mol. The van der Waals surface area contributed by atoms with Gasteiger partial charge in [-0.3, -0.25) is 9.78 Å². The summed E-state index contributed by atoms with van der Waals surface area (Å²) in [5.74, 6) is 1.40. The minimum atomic E-state index is -1.11. The molecule has 0 bridgehead atoms. The number of halogens is 1. The summed E-state index contributed by atoms with van der Waals surface area (Å²) in [6, 6.07) is 7.29. The molecule has 1 unspecified atom stereocenters. The zero-order valence-corrected chi connectivity index (χ0v) is 20.2. The van der Waals surface area contributed by atoms with Gasteiger partial charge in [0.15, 0.2) is 0 Å². The number of hydrogen-bond donors (Lipinski definition) is 1. The summed E-state index contributed by atoms with van der Waals surface area (Å²) in [6.45, 7) is 2.83. The third-order valence-electron chi connectivity index (χ3n) is 7.34. The van der Waals surface area contributed by atoms with Crippen LogP contribution in [0, 0.1) is 11.8 Å². The number of pyridine rings is 1. The number of piperidine rings is 1. The Hall–Kier alpha value is -1.86. The fraction of sp³-hybridized carbons (Fsp3) is 0.615. The molecule has 2 aromatic rings. The highest BCUT2D eigenvalue weighted by molar-refractivity contribution is 7.99. The van der Waals surface area contributed by atoms with E-state index in [1.165, 1.54) is 19.3 Å². The lowest BCUT2D eigenvalue weighted by Gasteiger charge is -2.38. The Balaban J connectivity index is 1.35. The van der Waals surface area contributed by atoms with Crippen LogP contribution in [0.5, 0.6) is 5.75 Å². The molecule has 1 aromatic carbocycles. The van der Waals surface area contributed by atoms with Crippen molar-refractivity contribution in [2.75, 3.05) is 32.5 Å². The molecule has 5 nitrogen and oxygen atoms in total. The van der Waals surface area contributed by atoms with E-state index in [9.17, 15) is 9.90 Å². The standard InChI is InChI=1S/C26H35FN2O3S/c1-32-20-6-8-25-23(16-20)22(9-11-28-25)24(27)7-5-18-10-12-29(17-19(18)15-26(30)31)13-14-33-21-3-2-4-21/h6,8-9,11,16,18-19,21,24H,2-5,7,10,12-15,17H2,1H3,(H,30,31)/t18-,19+,24?/m1/s1. The number of hydrogen-bond acceptors (Lipinski definition) is 5. The summed E-state index contributed by atoms with van der Waals surface area (Å²) in [5, 5.41) is 11.1. The number of carboxylic acids is 1. The van der Waals surface area contributed by atoms with E-state index in [2.05, 4.69) is 21.6 Å². The molecule has 1 aliphatic carbocycles. The molecule has 180 valence electrons. The van der Waals surface area contributed by atoms with Crippen molar-refractivity contribution >= 4 is 28.6 Å². The molecule has 1 saturated carbocycles. The van der Waals surface area contributed by atoms with Crippen LogP contribution >= 0.6 is 11.8 Å². The van der Waals surface area contributed by atoms with Gasteiger partial charge in [-0.1, -0.05) is 6.42 Å². The molecule has 0 amide bonds. The molecule has 2 heterocycles. The highest BCUT2D eigenvalue weighted by Crippen LogP contribution is 2.37. The van der Waals surface area contributed by atoms with Gasteiger partial charge in [0.2, 0.25) is 0 Å². The number of fused-ring (bicyclic) bond motifs is 1. The molecular formula is C26H35FN2O3S. The lowest BCUT2D eigenvalue weighted by atomic mass is 9.79. The fourth-order valence-electron chi connectivity index (χ4n) is 5.14. The molecule has 1 N–H and O–H groups in total. The first-order chi connectivity index (χ1) is 16.0. The van der Waals surface area contributed by atoms with Crippen LogP contribution in [0.15, 0.2) is 30.5 Å². The number of carboxylic acid groups (broad SMARTS) is 1. The molecule has 0 radical (unpaired) electrons.